The van der Waals surface area contributed by atoms with Gasteiger partial charge in [-0.25, -0.2) is 5.84 Å². The lowest BCUT2D eigenvalue weighted by atomic mass is 9.89. The standard InChI is InChI=1S/C9H16N6OS/c1-9(7(10)16)2-3-15(5-9)4-6-13-14-8(12-11)17-6/h2-5,11H2,1H3,(H2,10,16)(H,12,14). The van der Waals surface area contributed by atoms with Gasteiger partial charge in [-0.05, 0) is 19.9 Å². The normalized spacial score (nSPS) is 25.1. The Morgan fingerprint density at radius 2 is 2.41 bits per heavy atom. The van der Waals surface area contributed by atoms with Crippen molar-refractivity contribution in [1.82, 2.24) is 15.1 Å². The van der Waals surface area contributed by atoms with Crippen LogP contribution in [0.2, 0.25) is 0 Å². The van der Waals surface area contributed by atoms with E-state index >= 15 is 0 Å². The summed E-state index contributed by atoms with van der Waals surface area (Å²) >= 11 is 1.41. The molecule has 1 aromatic heterocycles. The molecule has 1 atom stereocenters. The zero-order valence-corrected chi connectivity index (χ0v) is 10.5. The molecule has 1 saturated heterocycles. The molecule has 1 aliphatic heterocycles. The van der Waals surface area contributed by atoms with E-state index in [1.165, 1.54) is 11.3 Å². The third-order valence-electron chi connectivity index (χ3n) is 3.10. The van der Waals surface area contributed by atoms with Crippen LogP contribution in [0, 0.1) is 5.41 Å². The zero-order chi connectivity index (χ0) is 12.5. The minimum Gasteiger partial charge on any atom is -0.369 e. The quantitative estimate of drug-likeness (QED) is 0.496. The lowest BCUT2D eigenvalue weighted by Gasteiger charge is -2.20. The van der Waals surface area contributed by atoms with Crippen LogP contribution in [0.1, 0.15) is 18.4 Å². The predicted molar refractivity (Wildman–Crippen MR) is 64.9 cm³/mol. The van der Waals surface area contributed by atoms with Gasteiger partial charge in [0.05, 0.1) is 12.0 Å². The number of carbonyl (C=O) groups is 1. The molecule has 7 nitrogen and oxygen atoms in total. The minimum atomic E-state index is -0.417. The number of likely N-dealkylation sites (tertiary alicyclic amines) is 1. The third-order valence-corrected chi connectivity index (χ3v) is 3.94. The first kappa shape index (κ1) is 12.2. The highest BCUT2D eigenvalue weighted by Crippen LogP contribution is 2.30. The summed E-state index contributed by atoms with van der Waals surface area (Å²) in [5.41, 5.74) is 7.44. The Balaban J connectivity index is 1.96. The van der Waals surface area contributed by atoms with Crippen LogP contribution in [0.5, 0.6) is 0 Å². The van der Waals surface area contributed by atoms with Crippen molar-refractivity contribution < 1.29 is 4.79 Å². The Morgan fingerprint density at radius 3 is 2.94 bits per heavy atom. The summed E-state index contributed by atoms with van der Waals surface area (Å²) < 4.78 is 0. The van der Waals surface area contributed by atoms with Crippen LogP contribution in [0.25, 0.3) is 0 Å². The number of hydrazine groups is 1. The first-order chi connectivity index (χ1) is 8.03. The molecule has 5 N–H and O–H groups in total. The number of primary amides is 1. The Bertz CT molecular complexity index is 421. The highest BCUT2D eigenvalue weighted by Gasteiger charge is 2.38. The first-order valence-electron chi connectivity index (χ1n) is 5.35. The number of nitrogens with zero attached hydrogens (tertiary/aromatic N) is 3. The van der Waals surface area contributed by atoms with Gasteiger partial charge in [0.2, 0.25) is 11.0 Å². The largest absolute Gasteiger partial charge is 0.369 e. The molecule has 0 aromatic carbocycles. The summed E-state index contributed by atoms with van der Waals surface area (Å²) in [7, 11) is 0. The maximum atomic E-state index is 11.3. The maximum Gasteiger partial charge on any atom is 0.224 e. The molecular weight excluding hydrogens is 240 g/mol. The van der Waals surface area contributed by atoms with Crippen molar-refractivity contribution in [2.75, 3.05) is 18.5 Å². The molecule has 0 aliphatic carbocycles. The van der Waals surface area contributed by atoms with Gasteiger partial charge < -0.3 is 5.73 Å². The smallest absolute Gasteiger partial charge is 0.224 e. The summed E-state index contributed by atoms with van der Waals surface area (Å²) in [4.78, 5) is 13.5. The highest BCUT2D eigenvalue weighted by molar-refractivity contribution is 7.15. The van der Waals surface area contributed by atoms with Gasteiger partial charge in [-0.15, -0.1) is 10.2 Å². The number of aromatic nitrogens is 2. The number of hydrogen-bond donors (Lipinski definition) is 3. The summed E-state index contributed by atoms with van der Waals surface area (Å²) in [6.07, 6.45) is 0.795. The van der Waals surface area contributed by atoms with Crippen molar-refractivity contribution in [2.45, 2.75) is 19.9 Å². The molecule has 94 valence electrons. The number of nitrogen functional groups attached to an aromatic ring is 1. The topological polar surface area (TPSA) is 110 Å². The fraction of sp³-hybridized carbons (Fsp3) is 0.667. The van der Waals surface area contributed by atoms with E-state index in [4.69, 9.17) is 11.6 Å². The van der Waals surface area contributed by atoms with Crippen molar-refractivity contribution in [3.05, 3.63) is 5.01 Å². The van der Waals surface area contributed by atoms with Crippen molar-refractivity contribution >= 4 is 22.4 Å². The molecule has 2 heterocycles. The van der Waals surface area contributed by atoms with E-state index in [2.05, 4.69) is 20.5 Å². The van der Waals surface area contributed by atoms with Crippen molar-refractivity contribution in [3.8, 4) is 0 Å². The number of amides is 1. The fourth-order valence-electron chi connectivity index (χ4n) is 1.96. The molecule has 1 amide bonds. The Labute approximate surface area is 103 Å². The van der Waals surface area contributed by atoms with Gasteiger partial charge in [0, 0.05) is 6.54 Å². The van der Waals surface area contributed by atoms with Crippen LogP contribution in [0.3, 0.4) is 0 Å². The average molecular weight is 256 g/mol. The molecule has 0 spiro atoms. The zero-order valence-electron chi connectivity index (χ0n) is 9.64. The average Bonchev–Trinajstić information content (AvgIpc) is 2.87. The molecule has 1 aliphatic rings. The van der Waals surface area contributed by atoms with E-state index in [0.29, 0.717) is 18.2 Å². The Hall–Kier alpha value is -1.25. The summed E-state index contributed by atoms with van der Waals surface area (Å²) in [6.45, 7) is 4.11. The molecule has 8 heteroatoms. The van der Waals surface area contributed by atoms with E-state index in [1.807, 2.05) is 6.92 Å². The number of rotatable bonds is 4. The molecule has 0 radical (unpaired) electrons. The van der Waals surface area contributed by atoms with Gasteiger partial charge in [0.25, 0.3) is 0 Å². The van der Waals surface area contributed by atoms with E-state index < -0.39 is 5.41 Å². The summed E-state index contributed by atoms with van der Waals surface area (Å²) in [6, 6.07) is 0. The van der Waals surface area contributed by atoms with Crippen molar-refractivity contribution in [3.63, 3.8) is 0 Å². The second-order valence-corrected chi connectivity index (χ2v) is 5.59. The van der Waals surface area contributed by atoms with Crippen LogP contribution < -0.4 is 17.0 Å². The second kappa shape index (κ2) is 4.55. The fourth-order valence-corrected chi connectivity index (χ4v) is 2.65. The van der Waals surface area contributed by atoms with Gasteiger partial charge in [-0.3, -0.25) is 15.1 Å². The number of hydrogen-bond acceptors (Lipinski definition) is 7. The summed E-state index contributed by atoms with van der Waals surface area (Å²) in [5, 5.41) is 9.35. The van der Waals surface area contributed by atoms with Crippen LogP contribution in [0.4, 0.5) is 5.13 Å². The van der Waals surface area contributed by atoms with E-state index in [9.17, 15) is 4.79 Å². The van der Waals surface area contributed by atoms with Crippen LogP contribution in [-0.2, 0) is 11.3 Å². The highest BCUT2D eigenvalue weighted by atomic mass is 32.1. The van der Waals surface area contributed by atoms with Crippen LogP contribution in [-0.4, -0.2) is 34.1 Å². The molecule has 2 rings (SSSR count). The maximum absolute atomic E-state index is 11.3. The first-order valence-corrected chi connectivity index (χ1v) is 6.16. The Kier molecular flexibility index (Phi) is 3.27. The number of nitrogens with one attached hydrogen (secondary N) is 1. The number of nitrogens with two attached hydrogens (primary N) is 2. The van der Waals surface area contributed by atoms with Gasteiger partial charge >= 0.3 is 0 Å². The molecule has 0 bridgehead atoms. The summed E-state index contributed by atoms with van der Waals surface area (Å²) in [5.74, 6) is 5.00. The number of carbonyl (C=O) groups excluding carboxylic acids is 1. The molecule has 1 unspecified atom stereocenters. The molecule has 1 aromatic rings. The van der Waals surface area contributed by atoms with E-state index in [-0.39, 0.29) is 5.91 Å². The molecule has 17 heavy (non-hydrogen) atoms. The molecule has 1 fully saturated rings. The predicted octanol–water partition coefficient (Wildman–Crippen LogP) is -0.479. The van der Waals surface area contributed by atoms with Crippen molar-refractivity contribution in [2.24, 2.45) is 17.0 Å². The van der Waals surface area contributed by atoms with Gasteiger partial charge in [-0.1, -0.05) is 11.3 Å². The Morgan fingerprint density at radius 1 is 1.65 bits per heavy atom. The van der Waals surface area contributed by atoms with Gasteiger partial charge in [-0.2, -0.15) is 0 Å². The van der Waals surface area contributed by atoms with Crippen LogP contribution in [0.15, 0.2) is 0 Å². The lowest BCUT2D eigenvalue weighted by Crippen LogP contribution is -2.36. The monoisotopic (exact) mass is 256 g/mol. The second-order valence-electron chi connectivity index (χ2n) is 4.53. The van der Waals surface area contributed by atoms with Gasteiger partial charge in [0.15, 0.2) is 0 Å². The third kappa shape index (κ3) is 2.54. The number of anilines is 1. The molecule has 0 saturated carbocycles. The van der Waals surface area contributed by atoms with Gasteiger partial charge in [0.1, 0.15) is 5.01 Å². The van der Waals surface area contributed by atoms with Crippen LogP contribution >= 0.6 is 11.3 Å². The lowest BCUT2D eigenvalue weighted by molar-refractivity contribution is -0.126. The molecular formula is C9H16N6OS. The minimum absolute atomic E-state index is 0.235. The van der Waals surface area contributed by atoms with E-state index in [1.54, 1.807) is 0 Å². The SMILES string of the molecule is CC1(C(N)=O)CCN(Cc2nnc(NN)s2)C1. The van der Waals surface area contributed by atoms with E-state index in [0.717, 1.165) is 18.0 Å². The van der Waals surface area contributed by atoms with Crippen molar-refractivity contribution in [1.29, 1.82) is 0 Å².